The first-order valence-corrected chi connectivity index (χ1v) is 12.0. The first-order valence-electron chi connectivity index (χ1n) is 11.6. The van der Waals surface area contributed by atoms with Crippen molar-refractivity contribution in [3.8, 4) is 0 Å². The molecular weight excluding hydrogens is 440 g/mol. The van der Waals surface area contributed by atoms with Crippen molar-refractivity contribution < 1.29 is 4.42 Å². The highest BCUT2D eigenvalue weighted by Crippen LogP contribution is 2.38. The molecule has 1 aromatic heterocycles. The van der Waals surface area contributed by atoms with Gasteiger partial charge in [-0.1, -0.05) is 91.3 Å². The molecule has 3 nitrogen and oxygen atoms in total. The summed E-state index contributed by atoms with van der Waals surface area (Å²) in [6.45, 7) is 2.21. The maximum absolute atomic E-state index is 6.32. The number of para-hydroxylation sites is 1. The number of halogens is 1. The van der Waals surface area contributed by atoms with Gasteiger partial charge < -0.3 is 4.42 Å². The molecule has 0 saturated carbocycles. The monoisotopic (exact) mass is 462 g/mol. The van der Waals surface area contributed by atoms with Crippen LogP contribution in [0.5, 0.6) is 0 Å². The molecule has 0 aliphatic carbocycles. The fourth-order valence-electron chi connectivity index (χ4n) is 4.93. The van der Waals surface area contributed by atoms with Crippen LogP contribution in [0, 0.1) is 5.92 Å². The zero-order chi connectivity index (χ0) is 23.1. The van der Waals surface area contributed by atoms with E-state index >= 15 is 0 Å². The molecule has 2 heterocycles. The average Bonchev–Trinajstić information content (AvgIpc) is 3.27. The number of rotatable bonds is 4. The second kappa shape index (κ2) is 8.58. The highest BCUT2D eigenvalue weighted by molar-refractivity contribution is 6.32. The third-order valence-corrected chi connectivity index (χ3v) is 6.81. The Morgan fingerprint density at radius 3 is 2.35 bits per heavy atom. The smallest absolute Gasteiger partial charge is 0.159 e. The lowest BCUT2D eigenvalue weighted by molar-refractivity contribution is 0.532. The van der Waals surface area contributed by atoms with Gasteiger partial charge in [-0.2, -0.15) is 0 Å². The third kappa shape index (κ3) is 3.53. The molecule has 6 rings (SSSR count). The van der Waals surface area contributed by atoms with Crippen molar-refractivity contribution in [1.82, 2.24) is 0 Å². The average molecular weight is 463 g/mol. The van der Waals surface area contributed by atoms with Gasteiger partial charge in [0, 0.05) is 21.7 Å². The Bertz CT molecular complexity index is 1550. The largest absolute Gasteiger partial charge is 0.455 e. The highest BCUT2D eigenvalue weighted by Gasteiger charge is 2.32. The van der Waals surface area contributed by atoms with E-state index in [0.717, 1.165) is 45.2 Å². The van der Waals surface area contributed by atoms with Gasteiger partial charge in [0.1, 0.15) is 11.2 Å². The second-order valence-electron chi connectivity index (χ2n) is 8.61. The summed E-state index contributed by atoms with van der Waals surface area (Å²) < 4.78 is 6.32. The Hall–Kier alpha value is -3.69. The molecule has 0 radical (unpaired) electrons. The van der Waals surface area contributed by atoms with Crippen molar-refractivity contribution >= 4 is 45.1 Å². The first kappa shape index (κ1) is 20.9. The van der Waals surface area contributed by atoms with Crippen LogP contribution in [0.15, 0.2) is 111 Å². The molecule has 0 spiro atoms. The zero-order valence-corrected chi connectivity index (χ0v) is 19.5. The zero-order valence-electron chi connectivity index (χ0n) is 18.8. The van der Waals surface area contributed by atoms with E-state index < -0.39 is 0 Å². The van der Waals surface area contributed by atoms with E-state index in [1.54, 1.807) is 0 Å². The molecule has 5 aromatic rings. The van der Waals surface area contributed by atoms with E-state index in [9.17, 15) is 0 Å². The summed E-state index contributed by atoms with van der Waals surface area (Å²) in [6.07, 6.45) is 0.942. The van der Waals surface area contributed by atoms with E-state index in [0.29, 0.717) is 10.9 Å². The summed E-state index contributed by atoms with van der Waals surface area (Å²) in [5, 5.41) is 2.71. The molecule has 34 heavy (non-hydrogen) atoms. The van der Waals surface area contributed by atoms with Crippen LogP contribution in [0.1, 0.15) is 36.1 Å². The van der Waals surface area contributed by atoms with Crippen molar-refractivity contribution in [3.05, 3.63) is 119 Å². The Kier molecular flexibility index (Phi) is 5.27. The molecule has 1 aliphatic heterocycles. The van der Waals surface area contributed by atoms with Gasteiger partial charge in [0.15, 0.2) is 5.84 Å². The van der Waals surface area contributed by atoms with Gasteiger partial charge in [-0.15, -0.1) is 0 Å². The highest BCUT2D eigenvalue weighted by atomic mass is 35.5. The molecule has 0 amide bonds. The molecule has 4 heteroatoms. The lowest BCUT2D eigenvalue weighted by Crippen LogP contribution is -2.28. The lowest BCUT2D eigenvalue weighted by atomic mass is 9.83. The molecule has 4 aromatic carbocycles. The van der Waals surface area contributed by atoms with Crippen LogP contribution >= 0.6 is 11.6 Å². The molecular formula is C30H23ClN2O. The third-order valence-electron chi connectivity index (χ3n) is 6.57. The molecule has 0 bridgehead atoms. The number of benzene rings is 4. The van der Waals surface area contributed by atoms with Crippen molar-refractivity contribution in [1.29, 1.82) is 0 Å². The van der Waals surface area contributed by atoms with Crippen molar-refractivity contribution in [3.63, 3.8) is 0 Å². The van der Waals surface area contributed by atoms with E-state index in [1.807, 2.05) is 42.5 Å². The SMILES string of the molecule is CCC1C(c2ccccc2)=NC(c2cccc3c2oc2ccc(Cl)cc23)=NC1c1ccccc1. The number of aliphatic imine (C=N–C) groups is 2. The summed E-state index contributed by atoms with van der Waals surface area (Å²) in [4.78, 5) is 10.4. The van der Waals surface area contributed by atoms with Crippen LogP contribution < -0.4 is 0 Å². The van der Waals surface area contributed by atoms with Crippen molar-refractivity contribution in [2.75, 3.05) is 0 Å². The van der Waals surface area contributed by atoms with Gasteiger partial charge in [0.25, 0.3) is 0 Å². The second-order valence-corrected chi connectivity index (χ2v) is 9.05. The van der Waals surface area contributed by atoms with Crippen molar-refractivity contribution in [2.45, 2.75) is 19.4 Å². The molecule has 0 fully saturated rings. The van der Waals surface area contributed by atoms with E-state index in [2.05, 4.69) is 61.5 Å². The van der Waals surface area contributed by atoms with Crippen LogP contribution in [-0.2, 0) is 0 Å². The quantitative estimate of drug-likeness (QED) is 0.265. The number of amidine groups is 1. The van der Waals surface area contributed by atoms with E-state index in [-0.39, 0.29) is 12.0 Å². The Morgan fingerprint density at radius 1 is 0.824 bits per heavy atom. The summed E-state index contributed by atoms with van der Waals surface area (Å²) in [6, 6.07) is 32.8. The van der Waals surface area contributed by atoms with Crippen LogP contribution in [0.25, 0.3) is 21.9 Å². The van der Waals surface area contributed by atoms with Gasteiger partial charge >= 0.3 is 0 Å². The summed E-state index contributed by atoms with van der Waals surface area (Å²) in [5.41, 5.74) is 5.88. The van der Waals surface area contributed by atoms with Gasteiger partial charge in [0.05, 0.1) is 17.3 Å². The number of furan rings is 1. The topological polar surface area (TPSA) is 37.9 Å². The van der Waals surface area contributed by atoms with Gasteiger partial charge in [-0.05, 0) is 41.8 Å². The van der Waals surface area contributed by atoms with E-state index in [4.69, 9.17) is 26.0 Å². The number of fused-ring (bicyclic) bond motifs is 3. The Morgan fingerprint density at radius 2 is 1.59 bits per heavy atom. The molecule has 0 N–H and O–H groups in total. The number of nitrogens with zero attached hydrogens (tertiary/aromatic N) is 2. The maximum Gasteiger partial charge on any atom is 0.159 e. The van der Waals surface area contributed by atoms with Crippen LogP contribution in [-0.4, -0.2) is 11.5 Å². The van der Waals surface area contributed by atoms with Crippen LogP contribution in [0.2, 0.25) is 5.02 Å². The van der Waals surface area contributed by atoms with Crippen LogP contribution in [0.3, 0.4) is 0 Å². The lowest BCUT2D eigenvalue weighted by Gasteiger charge is -2.29. The minimum absolute atomic E-state index is 0.0250. The molecule has 2 atom stereocenters. The minimum atomic E-state index is -0.0250. The fraction of sp³-hybridized carbons (Fsp3) is 0.133. The van der Waals surface area contributed by atoms with E-state index in [1.165, 1.54) is 5.56 Å². The Balaban J connectivity index is 1.60. The number of hydrogen-bond donors (Lipinski definition) is 0. The normalized spacial score (nSPS) is 18.2. The Labute approximate surface area is 203 Å². The minimum Gasteiger partial charge on any atom is -0.455 e. The van der Waals surface area contributed by atoms with Crippen LogP contribution in [0.4, 0.5) is 0 Å². The van der Waals surface area contributed by atoms with Gasteiger partial charge in [0.2, 0.25) is 0 Å². The predicted molar refractivity (Wildman–Crippen MR) is 141 cm³/mol. The maximum atomic E-state index is 6.32. The standard InChI is InChI=1S/C30H23ClN2O/c1-2-22-27(19-10-5-3-6-11-19)32-30(33-28(22)20-12-7-4-8-13-20)24-15-9-14-23-25-18-21(31)16-17-26(25)34-29(23)24/h3-18,22,27H,2H2,1H3. The fourth-order valence-corrected chi connectivity index (χ4v) is 5.11. The molecule has 2 unspecified atom stereocenters. The summed E-state index contributed by atoms with van der Waals surface area (Å²) in [7, 11) is 0. The summed E-state index contributed by atoms with van der Waals surface area (Å²) >= 11 is 6.28. The summed E-state index contributed by atoms with van der Waals surface area (Å²) in [5.74, 6) is 0.885. The van der Waals surface area contributed by atoms with Gasteiger partial charge in [-0.3, -0.25) is 4.99 Å². The van der Waals surface area contributed by atoms with Crippen molar-refractivity contribution in [2.24, 2.45) is 15.9 Å². The van der Waals surface area contributed by atoms with Gasteiger partial charge in [-0.25, -0.2) is 4.99 Å². The number of hydrogen-bond acceptors (Lipinski definition) is 3. The predicted octanol–water partition coefficient (Wildman–Crippen LogP) is 8.26. The molecule has 166 valence electrons. The molecule has 0 saturated heterocycles. The molecule has 1 aliphatic rings. The first-order chi connectivity index (χ1) is 16.7.